The maximum Gasteiger partial charge on any atom is 0.159 e. The smallest absolute Gasteiger partial charge is 0.159 e. The Morgan fingerprint density at radius 1 is 1.18 bits per heavy atom. The van der Waals surface area contributed by atoms with Crippen molar-refractivity contribution in [1.29, 1.82) is 0 Å². The van der Waals surface area contributed by atoms with Gasteiger partial charge in [-0.15, -0.1) is 0 Å². The highest BCUT2D eigenvalue weighted by molar-refractivity contribution is 5.81. The van der Waals surface area contributed by atoms with E-state index in [0.29, 0.717) is 0 Å². The Morgan fingerprint density at radius 2 is 2.06 bits per heavy atom. The standard InChI is InChI=1S/C13H11N3O/c1-16-12-6-5-9(17)8-11(12)15-13(16)10-4-2-3-7-14-10/h2-8,17H,1H3. The molecule has 0 unspecified atom stereocenters. The summed E-state index contributed by atoms with van der Waals surface area (Å²) in [5.41, 5.74) is 2.57. The molecule has 4 nitrogen and oxygen atoms in total. The number of aromatic hydroxyl groups is 1. The van der Waals surface area contributed by atoms with Gasteiger partial charge >= 0.3 is 0 Å². The lowest BCUT2D eigenvalue weighted by molar-refractivity contribution is 0.476. The first kappa shape index (κ1) is 9.84. The topological polar surface area (TPSA) is 50.9 Å². The van der Waals surface area contributed by atoms with E-state index in [0.717, 1.165) is 22.6 Å². The second-order valence-corrected chi connectivity index (χ2v) is 3.88. The molecule has 2 heterocycles. The summed E-state index contributed by atoms with van der Waals surface area (Å²) in [4.78, 5) is 8.77. The average Bonchev–Trinajstić information content (AvgIpc) is 2.67. The number of phenolic OH excluding ortho intramolecular Hbond substituents is 1. The summed E-state index contributed by atoms with van der Waals surface area (Å²) in [6.07, 6.45) is 1.74. The fraction of sp³-hybridized carbons (Fsp3) is 0.0769. The minimum atomic E-state index is 0.225. The van der Waals surface area contributed by atoms with Crippen molar-refractivity contribution in [3.05, 3.63) is 42.6 Å². The zero-order valence-electron chi connectivity index (χ0n) is 9.33. The monoisotopic (exact) mass is 225 g/mol. The van der Waals surface area contributed by atoms with E-state index < -0.39 is 0 Å². The van der Waals surface area contributed by atoms with E-state index in [4.69, 9.17) is 0 Å². The summed E-state index contributed by atoms with van der Waals surface area (Å²) in [6, 6.07) is 10.9. The molecular weight excluding hydrogens is 214 g/mol. The van der Waals surface area contributed by atoms with Crippen molar-refractivity contribution >= 4 is 11.0 Å². The van der Waals surface area contributed by atoms with E-state index in [-0.39, 0.29) is 5.75 Å². The first-order chi connectivity index (χ1) is 8.25. The van der Waals surface area contributed by atoms with Crippen LogP contribution < -0.4 is 0 Å². The van der Waals surface area contributed by atoms with E-state index in [1.807, 2.05) is 35.9 Å². The van der Waals surface area contributed by atoms with Crippen LogP contribution in [0.25, 0.3) is 22.6 Å². The molecular formula is C13H11N3O. The van der Waals surface area contributed by atoms with E-state index in [1.165, 1.54) is 0 Å². The van der Waals surface area contributed by atoms with Crippen molar-refractivity contribution in [2.24, 2.45) is 7.05 Å². The third kappa shape index (κ3) is 1.54. The summed E-state index contributed by atoms with van der Waals surface area (Å²) in [5, 5.41) is 9.44. The molecule has 0 fully saturated rings. The molecule has 0 aliphatic heterocycles. The summed E-state index contributed by atoms with van der Waals surface area (Å²) in [7, 11) is 1.94. The van der Waals surface area contributed by atoms with Crippen molar-refractivity contribution in [2.45, 2.75) is 0 Å². The number of aromatic nitrogens is 3. The van der Waals surface area contributed by atoms with Crippen molar-refractivity contribution < 1.29 is 5.11 Å². The Kier molecular flexibility index (Phi) is 2.08. The molecule has 0 spiro atoms. The molecule has 2 aromatic heterocycles. The van der Waals surface area contributed by atoms with Gasteiger partial charge in [-0.3, -0.25) is 4.98 Å². The number of benzene rings is 1. The van der Waals surface area contributed by atoms with Crippen LogP contribution in [0.3, 0.4) is 0 Å². The van der Waals surface area contributed by atoms with Crippen LogP contribution in [0, 0.1) is 0 Å². The first-order valence-corrected chi connectivity index (χ1v) is 5.32. The summed E-state index contributed by atoms with van der Waals surface area (Å²) >= 11 is 0. The Bertz CT molecular complexity index is 674. The number of rotatable bonds is 1. The van der Waals surface area contributed by atoms with Gasteiger partial charge in [-0.05, 0) is 24.3 Å². The summed E-state index contributed by atoms with van der Waals surface area (Å²) in [5.74, 6) is 1.02. The molecule has 84 valence electrons. The second kappa shape index (κ2) is 3.59. The maximum atomic E-state index is 9.44. The largest absolute Gasteiger partial charge is 0.508 e. The van der Waals surface area contributed by atoms with Gasteiger partial charge in [0.2, 0.25) is 0 Å². The van der Waals surface area contributed by atoms with Crippen LogP contribution in [-0.2, 0) is 7.05 Å². The number of phenols is 1. The molecule has 0 saturated heterocycles. The van der Waals surface area contributed by atoms with Crippen molar-refractivity contribution in [3.8, 4) is 17.3 Å². The molecule has 3 rings (SSSR count). The van der Waals surface area contributed by atoms with Gasteiger partial charge in [0.15, 0.2) is 5.82 Å². The van der Waals surface area contributed by atoms with Crippen LogP contribution in [0.15, 0.2) is 42.6 Å². The van der Waals surface area contributed by atoms with E-state index >= 15 is 0 Å². The van der Waals surface area contributed by atoms with Crippen LogP contribution in [0.1, 0.15) is 0 Å². The van der Waals surface area contributed by atoms with Gasteiger partial charge < -0.3 is 9.67 Å². The van der Waals surface area contributed by atoms with Crippen molar-refractivity contribution in [1.82, 2.24) is 14.5 Å². The van der Waals surface area contributed by atoms with Crippen LogP contribution >= 0.6 is 0 Å². The number of hydrogen-bond donors (Lipinski definition) is 1. The summed E-state index contributed by atoms with van der Waals surface area (Å²) in [6.45, 7) is 0. The molecule has 0 saturated carbocycles. The highest BCUT2D eigenvalue weighted by Gasteiger charge is 2.10. The number of imidazole rings is 1. The van der Waals surface area contributed by atoms with Gasteiger partial charge in [0.25, 0.3) is 0 Å². The molecule has 3 aromatic rings. The van der Waals surface area contributed by atoms with Gasteiger partial charge in [-0.25, -0.2) is 4.98 Å². The Labute approximate surface area is 98.2 Å². The lowest BCUT2D eigenvalue weighted by atomic mass is 10.3. The van der Waals surface area contributed by atoms with Gasteiger partial charge in [-0.1, -0.05) is 6.07 Å². The predicted octanol–water partition coefficient (Wildman–Crippen LogP) is 2.34. The molecule has 1 aromatic carbocycles. The lowest BCUT2D eigenvalue weighted by Crippen LogP contribution is -1.93. The van der Waals surface area contributed by atoms with E-state index in [1.54, 1.807) is 18.3 Å². The normalized spacial score (nSPS) is 10.9. The van der Waals surface area contributed by atoms with Crippen LogP contribution in [0.5, 0.6) is 5.75 Å². The van der Waals surface area contributed by atoms with Gasteiger partial charge in [0.1, 0.15) is 11.4 Å². The molecule has 4 heteroatoms. The highest BCUT2D eigenvalue weighted by Crippen LogP contribution is 2.24. The molecule has 0 bridgehead atoms. The molecule has 0 atom stereocenters. The van der Waals surface area contributed by atoms with Crippen molar-refractivity contribution in [2.75, 3.05) is 0 Å². The SMILES string of the molecule is Cn1c(-c2ccccn2)nc2cc(O)ccc21. The minimum Gasteiger partial charge on any atom is -0.508 e. The third-order valence-electron chi connectivity index (χ3n) is 2.76. The van der Waals surface area contributed by atoms with Crippen molar-refractivity contribution in [3.63, 3.8) is 0 Å². The quantitative estimate of drug-likeness (QED) is 0.691. The number of nitrogens with zero attached hydrogens (tertiary/aromatic N) is 3. The maximum absolute atomic E-state index is 9.44. The van der Waals surface area contributed by atoms with Gasteiger partial charge in [0.05, 0.1) is 11.0 Å². The predicted molar refractivity (Wildman–Crippen MR) is 65.6 cm³/mol. The molecule has 17 heavy (non-hydrogen) atoms. The lowest BCUT2D eigenvalue weighted by Gasteiger charge is -2.00. The molecule has 1 N–H and O–H groups in total. The third-order valence-corrected chi connectivity index (χ3v) is 2.76. The van der Waals surface area contributed by atoms with Crippen LogP contribution in [0.4, 0.5) is 0 Å². The fourth-order valence-corrected chi connectivity index (χ4v) is 1.91. The second-order valence-electron chi connectivity index (χ2n) is 3.88. The van der Waals surface area contributed by atoms with Crippen LogP contribution in [-0.4, -0.2) is 19.6 Å². The highest BCUT2D eigenvalue weighted by atomic mass is 16.3. The molecule has 0 aliphatic rings. The van der Waals surface area contributed by atoms with Crippen LogP contribution in [0.2, 0.25) is 0 Å². The zero-order chi connectivity index (χ0) is 11.8. The number of aryl methyl sites for hydroxylation is 1. The van der Waals surface area contributed by atoms with Gasteiger partial charge in [0, 0.05) is 19.3 Å². The number of pyridine rings is 1. The van der Waals surface area contributed by atoms with E-state index in [2.05, 4.69) is 9.97 Å². The first-order valence-electron chi connectivity index (χ1n) is 5.32. The Balaban J connectivity index is 2.28. The average molecular weight is 225 g/mol. The van der Waals surface area contributed by atoms with E-state index in [9.17, 15) is 5.11 Å². The number of fused-ring (bicyclic) bond motifs is 1. The number of hydrogen-bond acceptors (Lipinski definition) is 3. The molecule has 0 radical (unpaired) electrons. The Morgan fingerprint density at radius 3 is 2.82 bits per heavy atom. The molecule has 0 aliphatic carbocycles. The summed E-state index contributed by atoms with van der Waals surface area (Å²) < 4.78 is 1.97. The zero-order valence-corrected chi connectivity index (χ0v) is 9.33. The fourth-order valence-electron chi connectivity index (χ4n) is 1.91. The Hall–Kier alpha value is -2.36. The molecule has 0 amide bonds. The van der Waals surface area contributed by atoms with Gasteiger partial charge in [-0.2, -0.15) is 0 Å². The minimum absolute atomic E-state index is 0.225.